The zero-order valence-corrected chi connectivity index (χ0v) is 20.3. The number of ether oxygens (including phenoxy) is 5. The maximum atomic E-state index is 11.9. The van der Waals surface area contributed by atoms with Gasteiger partial charge in [-0.15, -0.1) is 0 Å². The van der Waals surface area contributed by atoms with Gasteiger partial charge in [-0.25, -0.2) is 0 Å². The van der Waals surface area contributed by atoms with Crippen molar-refractivity contribution in [3.05, 3.63) is 29.8 Å². The molecule has 0 aromatic heterocycles. The molecule has 1 aliphatic rings. The predicted octanol–water partition coefficient (Wildman–Crippen LogP) is 1.36. The van der Waals surface area contributed by atoms with Gasteiger partial charge in [0.15, 0.2) is 29.7 Å². The highest BCUT2D eigenvalue weighted by Gasteiger charge is 2.52. The molecule has 1 heterocycles. The zero-order chi connectivity index (χ0) is 25.4. The number of hydrogen-bond donors (Lipinski definition) is 2. The molecule has 5 atom stereocenters. The van der Waals surface area contributed by atoms with Gasteiger partial charge in [0.05, 0.1) is 0 Å². The number of esters is 4. The van der Waals surface area contributed by atoms with E-state index in [0.29, 0.717) is 5.69 Å². The first-order valence-corrected chi connectivity index (χ1v) is 10.8. The van der Waals surface area contributed by atoms with Crippen molar-refractivity contribution in [2.45, 2.75) is 65.3 Å². The molecule has 2 N–H and O–H groups in total. The molecule has 0 spiro atoms. The molecule has 1 aromatic rings. The lowest BCUT2D eigenvalue weighted by atomic mass is 9.97. The maximum Gasteiger partial charge on any atom is 0.303 e. The monoisotopic (exact) mass is 496 g/mol. The minimum absolute atomic E-state index is 0.117. The van der Waals surface area contributed by atoms with Crippen LogP contribution >= 0.6 is 12.2 Å². The summed E-state index contributed by atoms with van der Waals surface area (Å²) in [5.74, 6) is -2.72. The van der Waals surface area contributed by atoms with Crippen molar-refractivity contribution >= 4 is 46.9 Å². The third-order valence-electron chi connectivity index (χ3n) is 4.54. The molecule has 1 aliphatic heterocycles. The number of nitrogens with one attached hydrogen (secondary N) is 2. The van der Waals surface area contributed by atoms with E-state index in [1.54, 1.807) is 6.07 Å². The van der Waals surface area contributed by atoms with E-state index in [1.807, 2.05) is 25.1 Å². The van der Waals surface area contributed by atoms with Gasteiger partial charge in [0.2, 0.25) is 0 Å². The number of anilines is 1. The highest BCUT2D eigenvalue weighted by molar-refractivity contribution is 7.80. The van der Waals surface area contributed by atoms with Crippen molar-refractivity contribution in [1.29, 1.82) is 0 Å². The Hall–Kier alpha value is -3.25. The molecule has 0 radical (unpaired) electrons. The lowest BCUT2D eigenvalue weighted by Crippen LogP contribution is -2.66. The SMILES string of the molecule is CC(=O)OCC1OC(NC(=S)Nc2cccc(C)c2)C(OC(C)=O)C(OC(C)=O)C1OC(C)=O. The summed E-state index contributed by atoms with van der Waals surface area (Å²) >= 11 is 5.38. The number of carbonyl (C=O) groups is 4. The molecule has 1 fully saturated rings. The quantitative estimate of drug-likeness (QED) is 0.320. The smallest absolute Gasteiger partial charge is 0.303 e. The van der Waals surface area contributed by atoms with Gasteiger partial charge >= 0.3 is 23.9 Å². The second-order valence-corrected chi connectivity index (χ2v) is 8.00. The number of carbonyl (C=O) groups excluding carboxylic acids is 4. The Labute approximate surface area is 202 Å². The van der Waals surface area contributed by atoms with Crippen LogP contribution in [0.15, 0.2) is 24.3 Å². The Morgan fingerprint density at radius 1 is 0.912 bits per heavy atom. The van der Waals surface area contributed by atoms with Crippen LogP contribution in [0.3, 0.4) is 0 Å². The molecule has 0 amide bonds. The molecular formula is C22H28N2O9S. The number of benzene rings is 1. The molecule has 11 nitrogen and oxygen atoms in total. The van der Waals surface area contributed by atoms with Gasteiger partial charge in [0.25, 0.3) is 0 Å². The molecule has 186 valence electrons. The summed E-state index contributed by atoms with van der Waals surface area (Å²) in [4.78, 5) is 46.9. The summed E-state index contributed by atoms with van der Waals surface area (Å²) in [7, 11) is 0. The molecule has 0 bridgehead atoms. The lowest BCUT2D eigenvalue weighted by Gasteiger charge is -2.44. The second kappa shape index (κ2) is 12.3. The standard InChI is InChI=1S/C22H28N2O9S/c1-11-7-6-8-16(9-11)23-22(34)24-21-20(32-15(5)28)19(31-14(4)27)18(30-13(3)26)17(33-21)10-29-12(2)25/h6-9,17-21H,10H2,1-5H3,(H2,23,24,34). The summed E-state index contributed by atoms with van der Waals surface area (Å²) in [6.45, 7) is 6.26. The van der Waals surface area contributed by atoms with Crippen LogP contribution in [0.2, 0.25) is 0 Å². The van der Waals surface area contributed by atoms with Gasteiger partial charge < -0.3 is 34.3 Å². The highest BCUT2D eigenvalue weighted by Crippen LogP contribution is 2.28. The first-order chi connectivity index (χ1) is 16.0. The predicted molar refractivity (Wildman–Crippen MR) is 122 cm³/mol. The van der Waals surface area contributed by atoms with E-state index in [1.165, 1.54) is 6.92 Å². The lowest BCUT2D eigenvalue weighted by molar-refractivity contribution is -0.254. The van der Waals surface area contributed by atoms with Gasteiger partial charge in [0, 0.05) is 33.4 Å². The van der Waals surface area contributed by atoms with E-state index < -0.39 is 54.5 Å². The topological polar surface area (TPSA) is 138 Å². The Morgan fingerprint density at radius 2 is 1.50 bits per heavy atom. The van der Waals surface area contributed by atoms with Crippen LogP contribution in [0.1, 0.15) is 33.3 Å². The molecule has 1 aromatic carbocycles. The van der Waals surface area contributed by atoms with Crippen LogP contribution in [0.25, 0.3) is 0 Å². The van der Waals surface area contributed by atoms with Crippen molar-refractivity contribution in [2.75, 3.05) is 11.9 Å². The summed E-state index contributed by atoms with van der Waals surface area (Å²) in [6.07, 6.45) is -5.98. The van der Waals surface area contributed by atoms with Crippen LogP contribution in [-0.2, 0) is 42.9 Å². The minimum Gasteiger partial charge on any atom is -0.463 e. The maximum absolute atomic E-state index is 11.9. The largest absolute Gasteiger partial charge is 0.463 e. The Balaban J connectivity index is 2.36. The fraction of sp³-hybridized carbons (Fsp3) is 0.500. The molecule has 0 aliphatic carbocycles. The number of hydrogen-bond acceptors (Lipinski definition) is 10. The van der Waals surface area contributed by atoms with Gasteiger partial charge in [-0.05, 0) is 36.8 Å². The summed E-state index contributed by atoms with van der Waals surface area (Å²) < 4.78 is 27.1. The van der Waals surface area contributed by atoms with E-state index in [2.05, 4.69) is 10.6 Å². The summed E-state index contributed by atoms with van der Waals surface area (Å²) in [6, 6.07) is 7.42. The zero-order valence-electron chi connectivity index (χ0n) is 19.5. The van der Waals surface area contributed by atoms with Crippen LogP contribution in [0, 0.1) is 6.92 Å². The normalized spacial score (nSPS) is 23.7. The van der Waals surface area contributed by atoms with Crippen molar-refractivity contribution < 1.29 is 42.9 Å². The summed E-state index contributed by atoms with van der Waals surface area (Å²) in [5.41, 5.74) is 1.70. The Bertz CT molecular complexity index is 939. The third kappa shape index (κ3) is 8.27. The van der Waals surface area contributed by atoms with Crippen molar-refractivity contribution in [3.63, 3.8) is 0 Å². The summed E-state index contributed by atoms with van der Waals surface area (Å²) in [5, 5.41) is 5.99. The molecule has 12 heteroatoms. The second-order valence-electron chi connectivity index (χ2n) is 7.59. The van der Waals surface area contributed by atoms with E-state index in [-0.39, 0.29) is 11.7 Å². The molecule has 0 saturated carbocycles. The number of thiocarbonyl (C=S) groups is 1. The Morgan fingerprint density at radius 3 is 2.06 bits per heavy atom. The number of aryl methyl sites for hydroxylation is 1. The number of rotatable bonds is 7. The minimum atomic E-state index is -1.28. The fourth-order valence-corrected chi connectivity index (χ4v) is 3.60. The van der Waals surface area contributed by atoms with E-state index >= 15 is 0 Å². The molecule has 1 saturated heterocycles. The van der Waals surface area contributed by atoms with Crippen LogP contribution < -0.4 is 10.6 Å². The van der Waals surface area contributed by atoms with Crippen molar-refractivity contribution in [3.8, 4) is 0 Å². The average Bonchev–Trinajstić information content (AvgIpc) is 2.70. The molecule has 5 unspecified atom stereocenters. The Kier molecular flexibility index (Phi) is 9.75. The van der Waals surface area contributed by atoms with Gasteiger partial charge in [-0.3, -0.25) is 19.2 Å². The first-order valence-electron chi connectivity index (χ1n) is 10.4. The van der Waals surface area contributed by atoms with E-state index in [0.717, 1.165) is 26.3 Å². The van der Waals surface area contributed by atoms with Crippen LogP contribution in [0.5, 0.6) is 0 Å². The first kappa shape index (κ1) is 27.0. The van der Waals surface area contributed by atoms with Gasteiger partial charge in [-0.1, -0.05) is 12.1 Å². The highest BCUT2D eigenvalue weighted by atomic mass is 32.1. The van der Waals surface area contributed by atoms with Crippen LogP contribution in [-0.4, -0.2) is 66.2 Å². The molecule has 34 heavy (non-hydrogen) atoms. The van der Waals surface area contributed by atoms with Gasteiger partial charge in [0.1, 0.15) is 12.7 Å². The molecular weight excluding hydrogens is 468 g/mol. The van der Waals surface area contributed by atoms with Crippen molar-refractivity contribution in [2.24, 2.45) is 0 Å². The van der Waals surface area contributed by atoms with E-state index in [9.17, 15) is 19.2 Å². The van der Waals surface area contributed by atoms with Gasteiger partial charge in [-0.2, -0.15) is 0 Å². The third-order valence-corrected chi connectivity index (χ3v) is 4.76. The van der Waals surface area contributed by atoms with E-state index in [4.69, 9.17) is 35.9 Å². The fourth-order valence-electron chi connectivity index (χ4n) is 3.36. The molecule has 2 rings (SSSR count). The van der Waals surface area contributed by atoms with Crippen LogP contribution in [0.4, 0.5) is 5.69 Å². The average molecular weight is 497 g/mol. The van der Waals surface area contributed by atoms with Crippen molar-refractivity contribution in [1.82, 2.24) is 5.32 Å².